The molecule has 0 unspecified atom stereocenters. The van der Waals surface area contributed by atoms with Crippen LogP contribution in [0.15, 0.2) is 72.2 Å². The molecule has 0 atom stereocenters. The molecule has 0 aliphatic carbocycles. The topological polar surface area (TPSA) is 42.2 Å². The SMILES string of the molecule is O=C(O)Cc1cn(Cc2csc3ccc(Cl)cc23)c2cc(-c3ccc(F)cc3)ccc12. The first kappa shape index (κ1) is 19.8. The molecule has 2 aromatic heterocycles. The maximum Gasteiger partial charge on any atom is 0.307 e. The molecule has 31 heavy (non-hydrogen) atoms. The van der Waals surface area contributed by atoms with Crippen molar-refractivity contribution in [3.63, 3.8) is 0 Å². The summed E-state index contributed by atoms with van der Waals surface area (Å²) in [6, 6.07) is 18.2. The maximum absolute atomic E-state index is 13.3. The third-order valence-electron chi connectivity index (χ3n) is 5.44. The van der Waals surface area contributed by atoms with Gasteiger partial charge < -0.3 is 9.67 Å². The highest BCUT2D eigenvalue weighted by molar-refractivity contribution is 7.17. The zero-order valence-electron chi connectivity index (χ0n) is 16.3. The van der Waals surface area contributed by atoms with Crippen molar-refractivity contribution in [1.29, 1.82) is 0 Å². The number of fused-ring (bicyclic) bond motifs is 2. The van der Waals surface area contributed by atoms with Gasteiger partial charge in [-0.05, 0) is 69.4 Å². The molecular weight excluding hydrogens is 433 g/mol. The van der Waals surface area contributed by atoms with Gasteiger partial charge in [0, 0.05) is 33.4 Å². The Kier molecular flexibility index (Phi) is 5.00. The van der Waals surface area contributed by atoms with Gasteiger partial charge in [-0.1, -0.05) is 35.9 Å². The number of aliphatic carboxylic acids is 1. The molecule has 0 aliphatic heterocycles. The van der Waals surface area contributed by atoms with Crippen molar-refractivity contribution in [2.75, 3.05) is 0 Å². The quantitative estimate of drug-likeness (QED) is 0.314. The zero-order chi connectivity index (χ0) is 21.5. The average Bonchev–Trinajstić information content (AvgIpc) is 3.29. The first-order valence-electron chi connectivity index (χ1n) is 9.73. The summed E-state index contributed by atoms with van der Waals surface area (Å²) in [7, 11) is 0. The van der Waals surface area contributed by atoms with E-state index in [4.69, 9.17) is 11.6 Å². The van der Waals surface area contributed by atoms with Gasteiger partial charge in [0.1, 0.15) is 5.82 Å². The fourth-order valence-corrected chi connectivity index (χ4v) is 5.09. The molecular formula is C25H17ClFNO2S. The highest BCUT2D eigenvalue weighted by Gasteiger charge is 2.14. The molecule has 5 aromatic rings. The predicted octanol–water partition coefficient (Wildman–Crippen LogP) is 6.99. The second-order valence-electron chi connectivity index (χ2n) is 7.49. The Labute approximate surface area is 186 Å². The second kappa shape index (κ2) is 7.84. The Morgan fingerprint density at radius 3 is 2.52 bits per heavy atom. The average molecular weight is 450 g/mol. The Morgan fingerprint density at radius 2 is 1.74 bits per heavy atom. The molecule has 0 radical (unpaired) electrons. The summed E-state index contributed by atoms with van der Waals surface area (Å²) in [5.74, 6) is -1.14. The standard InChI is InChI=1S/C25H17ClFNO2S/c26-19-4-8-24-22(11-19)18(14-31-24)13-28-12-17(10-25(29)30)21-7-3-16(9-23(21)28)15-1-5-20(27)6-2-15/h1-9,11-12,14H,10,13H2,(H,29,30). The highest BCUT2D eigenvalue weighted by atomic mass is 35.5. The molecule has 0 saturated carbocycles. The van der Waals surface area contributed by atoms with Crippen molar-refractivity contribution < 1.29 is 14.3 Å². The molecule has 2 heterocycles. The van der Waals surface area contributed by atoms with Crippen LogP contribution >= 0.6 is 22.9 Å². The van der Waals surface area contributed by atoms with Crippen molar-refractivity contribution in [2.45, 2.75) is 13.0 Å². The van der Waals surface area contributed by atoms with Crippen LogP contribution < -0.4 is 0 Å². The van der Waals surface area contributed by atoms with E-state index in [0.29, 0.717) is 11.6 Å². The van der Waals surface area contributed by atoms with Crippen LogP contribution in [0.1, 0.15) is 11.1 Å². The summed E-state index contributed by atoms with van der Waals surface area (Å²) >= 11 is 7.88. The summed E-state index contributed by atoms with van der Waals surface area (Å²) in [6.45, 7) is 0.601. The minimum Gasteiger partial charge on any atom is -0.481 e. The number of benzene rings is 3. The Balaban J connectivity index is 1.64. The molecule has 0 amide bonds. The van der Waals surface area contributed by atoms with E-state index in [-0.39, 0.29) is 12.2 Å². The molecule has 154 valence electrons. The Bertz CT molecular complexity index is 1440. The zero-order valence-corrected chi connectivity index (χ0v) is 17.9. The number of halogens is 2. The number of rotatable bonds is 5. The van der Waals surface area contributed by atoms with E-state index in [9.17, 15) is 14.3 Å². The number of hydrogen-bond donors (Lipinski definition) is 1. The Morgan fingerprint density at radius 1 is 0.968 bits per heavy atom. The fourth-order valence-electron chi connectivity index (χ4n) is 3.98. The van der Waals surface area contributed by atoms with E-state index >= 15 is 0 Å². The summed E-state index contributed by atoms with van der Waals surface area (Å²) < 4.78 is 16.6. The monoisotopic (exact) mass is 449 g/mol. The molecule has 6 heteroatoms. The van der Waals surface area contributed by atoms with Crippen LogP contribution in [-0.4, -0.2) is 15.6 Å². The van der Waals surface area contributed by atoms with Gasteiger partial charge in [0.2, 0.25) is 0 Å². The lowest BCUT2D eigenvalue weighted by molar-refractivity contribution is -0.136. The second-order valence-corrected chi connectivity index (χ2v) is 8.84. The summed E-state index contributed by atoms with van der Waals surface area (Å²) in [4.78, 5) is 11.4. The number of carboxylic acids is 1. The smallest absolute Gasteiger partial charge is 0.307 e. The normalized spacial score (nSPS) is 11.4. The van der Waals surface area contributed by atoms with Crippen LogP contribution in [0.4, 0.5) is 4.39 Å². The number of carbonyl (C=O) groups is 1. The van der Waals surface area contributed by atoms with Gasteiger partial charge in [0.25, 0.3) is 0 Å². The van der Waals surface area contributed by atoms with E-state index < -0.39 is 5.97 Å². The summed E-state index contributed by atoms with van der Waals surface area (Å²) in [6.07, 6.45) is 1.87. The van der Waals surface area contributed by atoms with Gasteiger partial charge >= 0.3 is 5.97 Å². The van der Waals surface area contributed by atoms with Crippen LogP contribution in [-0.2, 0) is 17.8 Å². The van der Waals surface area contributed by atoms with Crippen LogP contribution in [0.3, 0.4) is 0 Å². The van der Waals surface area contributed by atoms with Crippen molar-refractivity contribution in [1.82, 2.24) is 4.57 Å². The third-order valence-corrected chi connectivity index (χ3v) is 6.69. The first-order valence-corrected chi connectivity index (χ1v) is 11.0. The maximum atomic E-state index is 13.3. The summed E-state index contributed by atoms with van der Waals surface area (Å²) in [5.41, 5.74) is 4.70. The molecule has 3 aromatic carbocycles. The molecule has 0 spiro atoms. The Hall–Kier alpha value is -3.15. The lowest BCUT2D eigenvalue weighted by Crippen LogP contribution is -2.00. The minimum atomic E-state index is -0.866. The van der Waals surface area contributed by atoms with Gasteiger partial charge in [-0.25, -0.2) is 4.39 Å². The number of aromatic nitrogens is 1. The first-order chi connectivity index (χ1) is 15.0. The van der Waals surface area contributed by atoms with Crippen LogP contribution in [0.5, 0.6) is 0 Å². The number of carboxylic acid groups (broad SMARTS) is 1. The highest BCUT2D eigenvalue weighted by Crippen LogP contribution is 2.32. The van der Waals surface area contributed by atoms with Crippen LogP contribution in [0, 0.1) is 5.82 Å². The predicted molar refractivity (Wildman–Crippen MR) is 125 cm³/mol. The molecule has 5 rings (SSSR count). The molecule has 0 saturated heterocycles. The van der Waals surface area contributed by atoms with Crippen molar-refractivity contribution in [2.24, 2.45) is 0 Å². The van der Waals surface area contributed by atoms with E-state index in [0.717, 1.165) is 43.2 Å². The van der Waals surface area contributed by atoms with E-state index in [1.165, 1.54) is 12.1 Å². The van der Waals surface area contributed by atoms with E-state index in [2.05, 4.69) is 9.95 Å². The van der Waals surface area contributed by atoms with Gasteiger partial charge in [-0.2, -0.15) is 0 Å². The molecule has 3 nitrogen and oxygen atoms in total. The van der Waals surface area contributed by atoms with Gasteiger partial charge in [-0.3, -0.25) is 4.79 Å². The molecule has 0 aliphatic rings. The van der Waals surface area contributed by atoms with Crippen LogP contribution in [0.2, 0.25) is 5.02 Å². The van der Waals surface area contributed by atoms with Gasteiger partial charge in [0.05, 0.1) is 6.42 Å². The molecule has 1 N–H and O–H groups in total. The lowest BCUT2D eigenvalue weighted by atomic mass is 10.0. The van der Waals surface area contributed by atoms with E-state index in [1.807, 2.05) is 42.6 Å². The summed E-state index contributed by atoms with van der Waals surface area (Å²) in [5, 5.41) is 14.2. The van der Waals surface area contributed by atoms with Crippen molar-refractivity contribution in [3.8, 4) is 11.1 Å². The molecule has 0 bridgehead atoms. The minimum absolute atomic E-state index is 0.0460. The lowest BCUT2D eigenvalue weighted by Gasteiger charge is -2.08. The van der Waals surface area contributed by atoms with Gasteiger partial charge in [0.15, 0.2) is 0 Å². The largest absolute Gasteiger partial charge is 0.481 e. The fraction of sp³-hybridized carbons (Fsp3) is 0.0800. The van der Waals surface area contributed by atoms with E-state index in [1.54, 1.807) is 23.5 Å². The van der Waals surface area contributed by atoms with Gasteiger partial charge in [-0.15, -0.1) is 11.3 Å². The van der Waals surface area contributed by atoms with Crippen molar-refractivity contribution >= 4 is 49.9 Å². The molecule has 0 fully saturated rings. The van der Waals surface area contributed by atoms with Crippen LogP contribution in [0.25, 0.3) is 32.1 Å². The number of hydrogen-bond acceptors (Lipinski definition) is 2. The van der Waals surface area contributed by atoms with Crippen molar-refractivity contribution in [3.05, 3.63) is 94.2 Å². The third kappa shape index (κ3) is 3.82. The number of thiophene rings is 1. The number of nitrogens with zero attached hydrogens (tertiary/aromatic N) is 1.